The first-order valence-corrected chi connectivity index (χ1v) is 13.4. The van der Waals surface area contributed by atoms with Gasteiger partial charge in [-0.2, -0.15) is 36.3 Å². The monoisotopic (exact) mass is 556 g/mol. The zero-order valence-electron chi connectivity index (χ0n) is 19.8. The molecule has 2 heterocycles. The van der Waals surface area contributed by atoms with Crippen LogP contribution in [0.25, 0.3) is 22.3 Å². The first kappa shape index (κ1) is 26.5. The van der Waals surface area contributed by atoms with E-state index in [0.717, 1.165) is 12.3 Å². The van der Waals surface area contributed by atoms with Crippen LogP contribution in [-0.2, 0) is 22.7 Å². The molecule has 0 saturated heterocycles. The largest absolute Gasteiger partial charge is 0.417 e. The van der Waals surface area contributed by atoms with Crippen molar-refractivity contribution in [1.29, 1.82) is 5.26 Å². The van der Waals surface area contributed by atoms with E-state index in [-0.39, 0.29) is 41.7 Å². The third-order valence-electron chi connectivity index (χ3n) is 7.24. The molecule has 0 bridgehead atoms. The molecule has 2 fully saturated rings. The molecule has 13 heteroatoms. The molecule has 1 aromatic carbocycles. The van der Waals surface area contributed by atoms with E-state index in [1.54, 1.807) is 0 Å². The second-order valence-electron chi connectivity index (χ2n) is 9.91. The quantitative estimate of drug-likeness (QED) is 0.356. The molecule has 6 nitrogen and oxygen atoms in total. The average molecular weight is 557 g/mol. The Balaban J connectivity index is 1.67. The highest BCUT2D eigenvalue weighted by atomic mass is 32.2. The second kappa shape index (κ2) is 8.98. The number of aromatic nitrogens is 2. The van der Waals surface area contributed by atoms with E-state index in [2.05, 4.69) is 11.1 Å². The summed E-state index contributed by atoms with van der Waals surface area (Å²) in [4.78, 5) is 4.32. The van der Waals surface area contributed by atoms with Gasteiger partial charge in [-0.25, -0.2) is 13.4 Å². The molecule has 2 aliphatic rings. The fourth-order valence-electron chi connectivity index (χ4n) is 4.68. The molecule has 1 unspecified atom stereocenters. The maximum atomic E-state index is 14.3. The number of nitrogens with one attached hydrogen (secondary N) is 1. The van der Waals surface area contributed by atoms with Gasteiger partial charge in [0, 0.05) is 29.3 Å². The van der Waals surface area contributed by atoms with Crippen molar-refractivity contribution in [3.8, 4) is 17.3 Å². The molecule has 5 rings (SSSR count). The first-order chi connectivity index (χ1) is 17.7. The number of hydrogen-bond donors (Lipinski definition) is 1. The lowest BCUT2D eigenvalue weighted by Gasteiger charge is -2.29. The molecule has 0 spiro atoms. The highest BCUT2D eigenvalue weighted by molar-refractivity contribution is 7.90. The molecule has 2 saturated carbocycles. The fourth-order valence-corrected chi connectivity index (χ4v) is 6.41. The highest BCUT2D eigenvalue weighted by Crippen LogP contribution is 2.48. The number of halogens is 6. The second-order valence-corrected chi connectivity index (χ2v) is 11.9. The van der Waals surface area contributed by atoms with Gasteiger partial charge in [-0.1, -0.05) is 24.6 Å². The fraction of sp³-hybridized carbons (Fsp3) is 0.440. The molecule has 0 aliphatic heterocycles. The molecule has 1 atom stereocenters. The Morgan fingerprint density at radius 1 is 1.11 bits per heavy atom. The molecule has 1 N–H and O–H groups in total. The number of sulfonamides is 1. The van der Waals surface area contributed by atoms with Crippen molar-refractivity contribution >= 4 is 21.1 Å². The van der Waals surface area contributed by atoms with E-state index in [9.17, 15) is 40.0 Å². The van der Waals surface area contributed by atoms with Gasteiger partial charge in [0.2, 0.25) is 10.0 Å². The minimum Gasteiger partial charge on any atom is -0.331 e. The number of hydrogen-bond acceptors (Lipinski definition) is 4. The highest BCUT2D eigenvalue weighted by Gasteiger charge is 2.48. The summed E-state index contributed by atoms with van der Waals surface area (Å²) in [5.74, 6) is 0. The zero-order valence-corrected chi connectivity index (χ0v) is 20.6. The van der Waals surface area contributed by atoms with Crippen LogP contribution in [0.5, 0.6) is 0 Å². The van der Waals surface area contributed by atoms with Gasteiger partial charge < -0.3 is 4.57 Å². The molecule has 202 valence electrons. The Bertz CT molecular complexity index is 1530. The smallest absolute Gasteiger partial charge is 0.331 e. The number of alkyl halides is 6. The number of nitriles is 1. The van der Waals surface area contributed by atoms with Gasteiger partial charge >= 0.3 is 12.4 Å². The summed E-state index contributed by atoms with van der Waals surface area (Å²) in [5, 5.41) is 8.58. The summed E-state index contributed by atoms with van der Waals surface area (Å²) in [6, 6.07) is 6.68. The van der Waals surface area contributed by atoms with Crippen LogP contribution >= 0.6 is 0 Å². The number of pyridine rings is 1. The van der Waals surface area contributed by atoms with Crippen LogP contribution in [0.4, 0.5) is 26.3 Å². The lowest BCUT2D eigenvalue weighted by molar-refractivity contribution is -0.152. The van der Waals surface area contributed by atoms with Gasteiger partial charge in [-0.05, 0) is 43.9 Å². The van der Waals surface area contributed by atoms with Crippen molar-refractivity contribution in [2.75, 3.05) is 0 Å². The molecule has 0 radical (unpaired) electrons. The molecule has 0 amide bonds. The van der Waals surface area contributed by atoms with Crippen molar-refractivity contribution in [2.24, 2.45) is 5.41 Å². The van der Waals surface area contributed by atoms with Crippen LogP contribution in [0, 0.1) is 16.7 Å². The molecule has 38 heavy (non-hydrogen) atoms. The third kappa shape index (κ3) is 4.87. The Hall–Kier alpha value is -3.11. The van der Waals surface area contributed by atoms with Gasteiger partial charge in [0.05, 0.1) is 28.0 Å². The minimum absolute atomic E-state index is 0.0304. The maximum absolute atomic E-state index is 14.3. The summed E-state index contributed by atoms with van der Waals surface area (Å²) in [7, 11) is -4.29. The minimum atomic E-state index is -5.01. The lowest BCUT2D eigenvalue weighted by Crippen LogP contribution is -2.44. The molecule has 3 aromatic rings. The average Bonchev–Trinajstić information content (AvgIpc) is 3.49. The predicted molar refractivity (Wildman–Crippen MR) is 126 cm³/mol. The number of rotatable bonds is 7. The normalized spacial score (nSPS) is 18.7. The van der Waals surface area contributed by atoms with E-state index in [0.29, 0.717) is 19.3 Å². The van der Waals surface area contributed by atoms with Gasteiger partial charge in [-0.3, -0.25) is 0 Å². The third-order valence-corrected chi connectivity index (χ3v) is 9.15. The van der Waals surface area contributed by atoms with E-state index in [1.165, 1.54) is 34.9 Å². The summed E-state index contributed by atoms with van der Waals surface area (Å²) in [5.41, 5.74) is -2.64. The van der Waals surface area contributed by atoms with Gasteiger partial charge in [-0.15, -0.1) is 0 Å². The summed E-state index contributed by atoms with van der Waals surface area (Å²) in [6.45, 7) is -0.0304. The number of benzene rings is 1. The van der Waals surface area contributed by atoms with Crippen molar-refractivity contribution in [3.05, 3.63) is 53.7 Å². The Morgan fingerprint density at radius 3 is 2.34 bits per heavy atom. The Labute approximate surface area is 214 Å². The molecular weight excluding hydrogens is 534 g/mol. The number of nitrogens with zero attached hydrogens (tertiary/aromatic N) is 3. The Morgan fingerprint density at radius 2 is 1.79 bits per heavy atom. The summed E-state index contributed by atoms with van der Waals surface area (Å²) < 4.78 is 112. The van der Waals surface area contributed by atoms with Crippen LogP contribution < -0.4 is 4.72 Å². The van der Waals surface area contributed by atoms with Gasteiger partial charge in [0.1, 0.15) is 11.7 Å². The topological polar surface area (TPSA) is 87.8 Å². The van der Waals surface area contributed by atoms with Crippen molar-refractivity contribution in [3.63, 3.8) is 0 Å². The van der Waals surface area contributed by atoms with E-state index < -0.39 is 50.2 Å². The van der Waals surface area contributed by atoms with Crippen LogP contribution in [-0.4, -0.2) is 29.4 Å². The van der Waals surface area contributed by atoms with Crippen LogP contribution in [0.1, 0.15) is 49.3 Å². The zero-order chi connectivity index (χ0) is 27.5. The van der Waals surface area contributed by atoms with E-state index in [1.807, 2.05) is 4.72 Å². The van der Waals surface area contributed by atoms with Crippen LogP contribution in [0.15, 0.2) is 42.6 Å². The maximum Gasteiger partial charge on any atom is 0.417 e. The van der Waals surface area contributed by atoms with Gasteiger partial charge in [0.15, 0.2) is 0 Å². The molecule has 2 aliphatic carbocycles. The van der Waals surface area contributed by atoms with Crippen LogP contribution in [0.2, 0.25) is 0 Å². The SMILES string of the molecule is N#CC1(Cn2cc(C(NS(=O)(=O)C3CCC3)C(F)(F)F)c3ccc(-c4ccccc4C(F)(F)F)nc32)CC1. The standard InChI is InChI=1S/C25H22F6N4O2S/c26-24(27,28)19-7-2-1-6-17(19)20-9-8-16-18(12-35(22(16)33-20)14-23(13-32)10-11-23)21(25(29,30)31)34-38(36,37)15-4-3-5-15/h1-2,6-9,12,15,21,34H,3-5,10-11,14H2. The predicted octanol–water partition coefficient (Wildman–Crippen LogP) is 6.10. The van der Waals surface area contributed by atoms with Gasteiger partial charge in [0.25, 0.3) is 0 Å². The number of fused-ring (bicyclic) bond motifs is 1. The van der Waals surface area contributed by atoms with Crippen molar-refractivity contribution < 1.29 is 34.8 Å². The summed E-state index contributed by atoms with van der Waals surface area (Å²) >= 11 is 0. The van der Waals surface area contributed by atoms with E-state index in [4.69, 9.17) is 0 Å². The molecular formula is C25H22F6N4O2S. The lowest BCUT2D eigenvalue weighted by atomic mass is 10.0. The van der Waals surface area contributed by atoms with Crippen molar-refractivity contribution in [1.82, 2.24) is 14.3 Å². The van der Waals surface area contributed by atoms with E-state index >= 15 is 0 Å². The molecule has 2 aromatic heterocycles. The summed E-state index contributed by atoms with van der Waals surface area (Å²) in [6.07, 6.45) is -6.46. The van der Waals surface area contributed by atoms with Crippen molar-refractivity contribution in [2.45, 2.75) is 62.3 Å². The Kier molecular flexibility index (Phi) is 6.26. The van der Waals surface area contributed by atoms with Crippen LogP contribution in [0.3, 0.4) is 0 Å². The first-order valence-electron chi connectivity index (χ1n) is 11.9.